The van der Waals surface area contributed by atoms with Gasteiger partial charge in [0.05, 0.1) is 24.4 Å². The average molecular weight is 1930 g/mol. The molecule has 1 saturated heterocycles. The van der Waals surface area contributed by atoms with E-state index < -0.39 is 237 Å². The lowest BCUT2D eigenvalue weighted by atomic mass is 9.86. The maximum Gasteiger partial charge on any atom is 0.326 e. The molecular weight excluding hydrogens is 1790 g/mol. The first-order valence-electron chi connectivity index (χ1n) is 44.9. The predicted molar refractivity (Wildman–Crippen MR) is 503 cm³/mol. The number of aromatic hydroxyl groups is 2. The maximum absolute atomic E-state index is 15.0. The molecule has 1 aliphatic heterocycles. The Kier molecular flexibility index (Phi) is 50.6. The van der Waals surface area contributed by atoms with Gasteiger partial charge in [0.1, 0.15) is 102 Å². The molecule has 36 N–H and O–H groups in total. The Labute approximate surface area is 791 Å². The van der Waals surface area contributed by atoms with Gasteiger partial charge < -0.3 is 156 Å². The molecule has 0 bridgehead atoms. The number of aliphatic hydroxyl groups excluding tert-OH is 3. The number of carbonyl (C=O) groups excluding carboxylic acids is 15. The summed E-state index contributed by atoms with van der Waals surface area (Å²) < 4.78 is -1.53. The van der Waals surface area contributed by atoms with E-state index in [4.69, 9.17) is 45.9 Å². The third kappa shape index (κ3) is 38.9. The number of aliphatic imine (C=N–C) groups is 1. The van der Waals surface area contributed by atoms with E-state index in [1.54, 1.807) is 48.5 Å². The Morgan fingerprint density at radius 3 is 1.16 bits per heavy atom. The number of likely N-dealkylation sites (tertiary alicyclic amines) is 1. The number of guanidine groups is 1. The van der Waals surface area contributed by atoms with Crippen LogP contribution in [0, 0.1) is 17.3 Å². The SMILES string of the molecule is CC[C@H](C)[C@H](NC(=O)[C@@H](NC(=O)[C@H](Cc1ccc(O)cc1)NC(=O)[C@@H](NC(=O)[C@@H](NC(=O)[C@@H]1C[C@@H](O)CN1C(=O)[C@@H](N)C(C)(C)C)[C@@H](C)CC)[C@@H](C)O)C(C)(C)S)C(=O)N[C@@H](CCCN=C(N)N)C(=O)N[C@@H](CCN)C(=O)N[C@H](C(=O)N[C@H](CCN)C(=O)N[C@@H](CCCCN)C(=O)N[C@@H](CS)C(=O)N[C@@H](CCN)C(=O)N[C@@H](CCCN)C(=O)N[C@@H](Cc1ccc(O)cc1)C(=O)O)[C@@H](C)O. The number of carboxylic acids is 1. The first kappa shape index (κ1) is 117. The fourth-order valence-electron chi connectivity index (χ4n) is 14.0. The van der Waals surface area contributed by atoms with Gasteiger partial charge in [0.25, 0.3) is 0 Å². The first-order chi connectivity index (χ1) is 62.9. The van der Waals surface area contributed by atoms with E-state index in [0.717, 1.165) is 11.8 Å². The summed E-state index contributed by atoms with van der Waals surface area (Å²) in [5.41, 5.74) is 46.9. The number of benzene rings is 2. The van der Waals surface area contributed by atoms with E-state index >= 15 is 0 Å². The number of unbranched alkanes of at least 4 members (excludes halogenated alkanes) is 1. The first-order valence-corrected chi connectivity index (χ1v) is 46.0. The van der Waals surface area contributed by atoms with Gasteiger partial charge in [-0.15, -0.1) is 0 Å². The minimum absolute atomic E-state index is 0.0123. The second-order valence-corrected chi connectivity index (χ2v) is 36.8. The number of β-amino-alcohol motifs (C(OH)–C–C–N with tert-alkyl or cyclic N) is 1. The largest absolute Gasteiger partial charge is 0.508 e. The normalized spacial score (nSPS) is 17.5. The fourth-order valence-corrected chi connectivity index (χ4v) is 14.5. The van der Waals surface area contributed by atoms with Crippen molar-refractivity contribution in [3.05, 3.63) is 59.7 Å². The smallest absolute Gasteiger partial charge is 0.326 e. The number of nitrogens with zero attached hydrogens (tertiary/aromatic N) is 2. The maximum atomic E-state index is 15.0. The standard InChI is InChI=1S/C86H146N24O22S2/c1-12-43(3)62(106-81(129)67(86(10,11)134)109-74(122)58(38-47-21-25-49(113)26-22-47)102-80(128)65(46(6)112)108-78(126)63(44(4)13-2)105-76(124)61-40-51(115)41-110(61)82(130)66(92)85(7,8)9)77(125)100-54(20-17-37-95-84(93)94)68(116)98-57(31-36-91)73(121)107-64(45(5)111)79(127)101-56(30-35-90)72(120)96-52(18-14-15-32-87)70(118)104-60(42-133)75(123)99-55(29-34-89)71(119)97-53(19-16-33-88)69(117)103-59(83(131)132)39-48-23-27-50(114)28-24-48/h21-28,43-46,51-67,111-115,133-134H,12-20,29-42,87-92H2,1-11H3,(H,96,120)(H,97,119)(H,98,116)(H,99,123)(H,100,125)(H,101,127)(H,102,128)(H,103,117)(H,104,118)(H,105,124)(H,106,129)(H,107,121)(H,108,126)(H,109,122)(H,131,132)(H4,93,94,95)/t43-,44-,45+,46+,51+,52-,53-,54-,55-,56+,57-,58-,59-,60-,61-,62-,63-,64-,65-,66+,67+/m0/s1. The molecule has 1 heterocycles. The van der Waals surface area contributed by atoms with Crippen molar-refractivity contribution in [3.8, 4) is 11.5 Å². The Morgan fingerprint density at radius 2 is 0.776 bits per heavy atom. The van der Waals surface area contributed by atoms with Crippen molar-refractivity contribution in [2.24, 2.45) is 68.1 Å². The third-order valence-electron chi connectivity index (χ3n) is 22.6. The summed E-state index contributed by atoms with van der Waals surface area (Å²) in [7, 11) is 0. The quantitative estimate of drug-likeness (QED) is 0.0127. The van der Waals surface area contributed by atoms with E-state index in [2.05, 4.69) is 105 Å². The molecule has 21 atom stereocenters. The molecule has 0 aromatic heterocycles. The number of phenolic OH excluding ortho intramolecular Hbond substituents is 2. The van der Waals surface area contributed by atoms with Crippen LogP contribution in [0.25, 0.3) is 0 Å². The molecule has 46 nitrogen and oxygen atoms in total. The van der Waals surface area contributed by atoms with Gasteiger partial charge in [-0.2, -0.15) is 25.3 Å². The Balaban J connectivity index is 1.93. The second-order valence-electron chi connectivity index (χ2n) is 35.2. The molecule has 3 rings (SSSR count). The summed E-state index contributed by atoms with van der Waals surface area (Å²) in [6.45, 7) is 16.1. The molecule has 48 heteroatoms. The number of thiol groups is 2. The molecule has 754 valence electrons. The van der Waals surface area contributed by atoms with Crippen molar-refractivity contribution in [3.63, 3.8) is 0 Å². The highest BCUT2D eigenvalue weighted by Gasteiger charge is 2.47. The van der Waals surface area contributed by atoms with E-state index in [-0.39, 0.29) is 153 Å². The number of phenols is 2. The van der Waals surface area contributed by atoms with Crippen LogP contribution in [0.15, 0.2) is 53.5 Å². The lowest BCUT2D eigenvalue weighted by Gasteiger charge is -2.34. The van der Waals surface area contributed by atoms with Crippen LogP contribution in [0.3, 0.4) is 0 Å². The number of hydrogen-bond donors (Lipinski definition) is 30. The van der Waals surface area contributed by atoms with Gasteiger partial charge in [0.2, 0.25) is 88.6 Å². The van der Waals surface area contributed by atoms with Gasteiger partial charge in [-0.3, -0.25) is 76.9 Å². The van der Waals surface area contributed by atoms with Gasteiger partial charge in [-0.05, 0) is 177 Å². The number of rotatable bonds is 59. The molecule has 0 aliphatic carbocycles. The zero-order valence-corrected chi connectivity index (χ0v) is 79.9. The second kappa shape index (κ2) is 57.8. The van der Waals surface area contributed by atoms with Gasteiger partial charge in [0.15, 0.2) is 5.96 Å². The number of aliphatic carboxylic acids is 1. The molecule has 134 heavy (non-hydrogen) atoms. The molecule has 1 aliphatic rings. The van der Waals surface area contributed by atoms with Crippen molar-refractivity contribution in [2.45, 2.75) is 292 Å². The number of nitrogens with one attached hydrogen (secondary N) is 14. The molecule has 1 fully saturated rings. The van der Waals surface area contributed by atoms with Gasteiger partial charge in [-0.1, -0.05) is 85.6 Å². The van der Waals surface area contributed by atoms with E-state index in [1.807, 2.05) is 0 Å². The monoisotopic (exact) mass is 1930 g/mol. The molecule has 0 spiro atoms. The highest BCUT2D eigenvalue weighted by molar-refractivity contribution is 7.81. The van der Waals surface area contributed by atoms with Crippen LogP contribution in [0.5, 0.6) is 11.5 Å². The molecule has 0 unspecified atom stereocenters. The van der Waals surface area contributed by atoms with Crippen molar-refractivity contribution < 1.29 is 107 Å². The van der Waals surface area contributed by atoms with E-state index in [0.29, 0.717) is 17.5 Å². The van der Waals surface area contributed by atoms with Gasteiger partial charge in [0, 0.05) is 42.9 Å². The van der Waals surface area contributed by atoms with Crippen LogP contribution in [-0.2, 0) is 89.6 Å². The highest BCUT2D eigenvalue weighted by Crippen LogP contribution is 2.27. The van der Waals surface area contributed by atoms with E-state index in [1.165, 1.54) is 69.3 Å². The number of carboxylic acid groups (broad SMARTS) is 1. The van der Waals surface area contributed by atoms with Crippen LogP contribution in [0.1, 0.15) is 171 Å². The molecule has 2 aromatic carbocycles. The van der Waals surface area contributed by atoms with Crippen LogP contribution < -0.4 is 120 Å². The number of aliphatic hydroxyl groups is 3. The van der Waals surface area contributed by atoms with Crippen molar-refractivity contribution in [1.82, 2.24) is 79.3 Å². The lowest BCUT2D eigenvalue weighted by molar-refractivity contribution is -0.142. The molecule has 15 amide bonds. The average Bonchev–Trinajstić information content (AvgIpc) is 1.64. The van der Waals surface area contributed by atoms with Crippen LogP contribution >= 0.6 is 25.3 Å². The van der Waals surface area contributed by atoms with Crippen molar-refractivity contribution in [1.29, 1.82) is 0 Å². The summed E-state index contributed by atoms with van der Waals surface area (Å²) in [5, 5.41) is 98.5. The molecular formula is C86H146N24O22S2. The summed E-state index contributed by atoms with van der Waals surface area (Å²) in [4.78, 5) is 233. The van der Waals surface area contributed by atoms with Crippen LogP contribution in [0.2, 0.25) is 0 Å². The molecule has 2 aromatic rings. The zero-order valence-electron chi connectivity index (χ0n) is 78.1. The Morgan fingerprint density at radius 1 is 0.440 bits per heavy atom. The number of carbonyl (C=O) groups is 16. The van der Waals surface area contributed by atoms with Gasteiger partial charge in [-0.25, -0.2) is 4.79 Å². The minimum Gasteiger partial charge on any atom is -0.508 e. The number of hydrogen-bond acceptors (Lipinski definition) is 30. The zero-order chi connectivity index (χ0) is 101. The fraction of sp³-hybridized carbons (Fsp3) is 0.663. The topological polar surface area (TPSA) is 787 Å². The predicted octanol–water partition coefficient (Wildman–Crippen LogP) is -7.45. The van der Waals surface area contributed by atoms with Crippen LogP contribution in [0.4, 0.5) is 0 Å². The summed E-state index contributed by atoms with van der Waals surface area (Å²) in [6, 6.07) is -13.5. The van der Waals surface area contributed by atoms with Crippen molar-refractivity contribution in [2.75, 3.05) is 51.6 Å². The van der Waals surface area contributed by atoms with Crippen molar-refractivity contribution >= 4 is 126 Å². The highest BCUT2D eigenvalue weighted by atomic mass is 32.1. The van der Waals surface area contributed by atoms with E-state index in [9.17, 15) is 107 Å². The Bertz CT molecular complexity index is 4240. The molecule has 0 saturated carbocycles. The lowest BCUT2D eigenvalue weighted by Crippen LogP contribution is -2.65. The third-order valence-corrected chi connectivity index (χ3v) is 23.2. The molecule has 0 radical (unpaired) electrons. The number of amides is 15. The number of nitrogens with two attached hydrogens (primary N) is 8. The van der Waals surface area contributed by atoms with Crippen LogP contribution in [-0.4, -0.2) is 307 Å². The van der Waals surface area contributed by atoms with Gasteiger partial charge >= 0.3 is 5.97 Å². The Hall–Kier alpha value is -10.8. The minimum atomic E-state index is -1.92. The summed E-state index contributed by atoms with van der Waals surface area (Å²) in [5.74, 6) is -18.5. The summed E-state index contributed by atoms with van der Waals surface area (Å²) in [6.07, 6.45) is -5.43. The summed E-state index contributed by atoms with van der Waals surface area (Å²) >= 11 is 8.97.